The Bertz CT molecular complexity index is 412. The summed E-state index contributed by atoms with van der Waals surface area (Å²) in [6.45, 7) is 1.26. The summed E-state index contributed by atoms with van der Waals surface area (Å²) in [5.74, 6) is 1.45. The Hall–Kier alpha value is -1.88. The second kappa shape index (κ2) is 4.56. The zero-order valence-corrected chi connectivity index (χ0v) is 8.21. The molecule has 0 atom stereocenters. The first-order valence-corrected chi connectivity index (χ1v) is 4.69. The standard InChI is InChI=1S/C10H12N4O/c11-3-6-14-8-10(7-13-14)15-9-1-4-12-5-2-9/h1-2,4-5,7-8H,3,6,11H2. The minimum atomic E-state index is 0.566. The number of pyridine rings is 1. The predicted octanol–water partition coefficient (Wildman–Crippen LogP) is 1.03. The molecule has 15 heavy (non-hydrogen) atoms. The molecule has 5 nitrogen and oxygen atoms in total. The Morgan fingerprint density at radius 2 is 2.07 bits per heavy atom. The van der Waals surface area contributed by atoms with E-state index in [0.29, 0.717) is 18.8 Å². The second-order valence-corrected chi connectivity index (χ2v) is 3.01. The number of hydrogen-bond donors (Lipinski definition) is 1. The summed E-state index contributed by atoms with van der Waals surface area (Å²) in [4.78, 5) is 3.90. The minimum Gasteiger partial charge on any atom is -0.454 e. The molecule has 2 N–H and O–H groups in total. The van der Waals surface area contributed by atoms with Crippen LogP contribution in [0.3, 0.4) is 0 Å². The van der Waals surface area contributed by atoms with Crippen molar-refractivity contribution in [2.75, 3.05) is 6.54 Å². The van der Waals surface area contributed by atoms with Gasteiger partial charge < -0.3 is 10.5 Å². The van der Waals surface area contributed by atoms with Gasteiger partial charge in [0.2, 0.25) is 0 Å². The number of aromatic nitrogens is 3. The third-order valence-electron chi connectivity index (χ3n) is 1.85. The van der Waals surface area contributed by atoms with E-state index in [1.807, 2.05) is 6.20 Å². The van der Waals surface area contributed by atoms with Gasteiger partial charge >= 0.3 is 0 Å². The van der Waals surface area contributed by atoms with E-state index in [9.17, 15) is 0 Å². The molecular formula is C10H12N4O. The fraction of sp³-hybridized carbons (Fsp3) is 0.200. The molecule has 0 saturated heterocycles. The normalized spacial score (nSPS) is 10.2. The highest BCUT2D eigenvalue weighted by atomic mass is 16.5. The van der Waals surface area contributed by atoms with E-state index in [4.69, 9.17) is 10.5 Å². The molecule has 0 aromatic carbocycles. The van der Waals surface area contributed by atoms with Crippen molar-refractivity contribution in [3.63, 3.8) is 0 Å². The predicted molar refractivity (Wildman–Crippen MR) is 55.6 cm³/mol. The summed E-state index contributed by atoms with van der Waals surface area (Å²) < 4.78 is 7.29. The largest absolute Gasteiger partial charge is 0.454 e. The molecule has 2 rings (SSSR count). The number of rotatable bonds is 4. The molecule has 0 amide bonds. The lowest BCUT2D eigenvalue weighted by Crippen LogP contribution is -2.09. The molecule has 2 aromatic rings. The topological polar surface area (TPSA) is 66.0 Å². The molecule has 0 aliphatic rings. The van der Waals surface area contributed by atoms with Crippen molar-refractivity contribution in [2.45, 2.75) is 6.54 Å². The van der Waals surface area contributed by atoms with E-state index in [1.165, 1.54) is 0 Å². The van der Waals surface area contributed by atoms with Crippen molar-refractivity contribution in [2.24, 2.45) is 5.73 Å². The quantitative estimate of drug-likeness (QED) is 0.807. The van der Waals surface area contributed by atoms with Crippen LogP contribution in [0.25, 0.3) is 0 Å². The third-order valence-corrected chi connectivity index (χ3v) is 1.85. The molecule has 0 saturated carbocycles. The molecule has 5 heteroatoms. The SMILES string of the molecule is NCCn1cc(Oc2ccncc2)cn1. The number of hydrogen-bond acceptors (Lipinski definition) is 4. The zero-order chi connectivity index (χ0) is 10.5. The van der Waals surface area contributed by atoms with Gasteiger partial charge in [-0.1, -0.05) is 0 Å². The van der Waals surface area contributed by atoms with Gasteiger partial charge in [-0.3, -0.25) is 9.67 Å². The summed E-state index contributed by atoms with van der Waals surface area (Å²) in [6.07, 6.45) is 6.84. The minimum absolute atomic E-state index is 0.566. The van der Waals surface area contributed by atoms with Gasteiger partial charge in [-0.25, -0.2) is 0 Å². The lowest BCUT2D eigenvalue weighted by atomic mass is 10.4. The number of nitrogens with two attached hydrogens (primary N) is 1. The van der Waals surface area contributed by atoms with E-state index < -0.39 is 0 Å². The fourth-order valence-corrected chi connectivity index (χ4v) is 1.19. The highest BCUT2D eigenvalue weighted by molar-refractivity contribution is 5.25. The first-order valence-electron chi connectivity index (χ1n) is 4.69. The van der Waals surface area contributed by atoms with Crippen molar-refractivity contribution in [1.29, 1.82) is 0 Å². The molecule has 0 bridgehead atoms. The van der Waals surface area contributed by atoms with E-state index in [2.05, 4.69) is 10.1 Å². The van der Waals surface area contributed by atoms with Crippen LogP contribution in [0.1, 0.15) is 0 Å². The molecule has 0 aliphatic heterocycles. The van der Waals surface area contributed by atoms with Crippen molar-refractivity contribution in [3.05, 3.63) is 36.9 Å². The van der Waals surface area contributed by atoms with Crippen LogP contribution in [0.2, 0.25) is 0 Å². The molecule has 0 unspecified atom stereocenters. The average Bonchev–Trinajstić information content (AvgIpc) is 2.68. The highest BCUT2D eigenvalue weighted by Crippen LogP contribution is 2.18. The Labute approximate surface area is 87.5 Å². The monoisotopic (exact) mass is 204 g/mol. The first-order chi connectivity index (χ1) is 7.38. The van der Waals surface area contributed by atoms with Gasteiger partial charge in [-0.15, -0.1) is 0 Å². The Morgan fingerprint density at radius 3 is 2.80 bits per heavy atom. The average molecular weight is 204 g/mol. The fourth-order valence-electron chi connectivity index (χ4n) is 1.19. The van der Waals surface area contributed by atoms with E-state index in [1.54, 1.807) is 35.4 Å². The maximum absolute atomic E-state index is 5.54. The van der Waals surface area contributed by atoms with Gasteiger partial charge in [-0.05, 0) is 12.1 Å². The highest BCUT2D eigenvalue weighted by Gasteiger charge is 1.99. The van der Waals surface area contributed by atoms with Crippen molar-refractivity contribution in [1.82, 2.24) is 14.8 Å². The van der Waals surface area contributed by atoms with Gasteiger partial charge in [0.1, 0.15) is 5.75 Å². The van der Waals surface area contributed by atoms with Crippen LogP contribution in [-0.4, -0.2) is 21.3 Å². The Kier molecular flexibility index (Phi) is 2.94. The molecule has 0 fully saturated rings. The summed E-state index contributed by atoms with van der Waals surface area (Å²) in [5, 5.41) is 4.10. The van der Waals surface area contributed by atoms with Gasteiger partial charge in [-0.2, -0.15) is 5.10 Å². The molecule has 0 aliphatic carbocycles. The van der Waals surface area contributed by atoms with E-state index in [-0.39, 0.29) is 0 Å². The molecule has 2 aromatic heterocycles. The van der Waals surface area contributed by atoms with Crippen LogP contribution < -0.4 is 10.5 Å². The van der Waals surface area contributed by atoms with Crippen molar-refractivity contribution in [3.8, 4) is 11.5 Å². The van der Waals surface area contributed by atoms with Gasteiger partial charge in [0.05, 0.1) is 18.9 Å². The number of ether oxygens (including phenoxy) is 1. The van der Waals surface area contributed by atoms with Crippen LogP contribution >= 0.6 is 0 Å². The van der Waals surface area contributed by atoms with Crippen molar-refractivity contribution < 1.29 is 4.74 Å². The van der Waals surface area contributed by atoms with Crippen LogP contribution in [0.4, 0.5) is 0 Å². The van der Waals surface area contributed by atoms with Crippen LogP contribution in [0.15, 0.2) is 36.9 Å². The Balaban J connectivity index is 2.05. The molecule has 2 heterocycles. The van der Waals surface area contributed by atoms with E-state index in [0.717, 1.165) is 5.75 Å². The van der Waals surface area contributed by atoms with Gasteiger partial charge in [0.25, 0.3) is 0 Å². The summed E-state index contributed by atoms with van der Waals surface area (Å²) in [7, 11) is 0. The smallest absolute Gasteiger partial charge is 0.165 e. The third kappa shape index (κ3) is 2.54. The van der Waals surface area contributed by atoms with Crippen LogP contribution in [0, 0.1) is 0 Å². The summed E-state index contributed by atoms with van der Waals surface area (Å²) >= 11 is 0. The maximum atomic E-state index is 5.54. The van der Waals surface area contributed by atoms with Gasteiger partial charge in [0, 0.05) is 18.9 Å². The lowest BCUT2D eigenvalue weighted by Gasteiger charge is -2.00. The lowest BCUT2D eigenvalue weighted by molar-refractivity contribution is 0.480. The van der Waals surface area contributed by atoms with Crippen LogP contribution in [0.5, 0.6) is 11.5 Å². The molecule has 0 radical (unpaired) electrons. The molecule has 78 valence electrons. The summed E-state index contributed by atoms with van der Waals surface area (Å²) in [5.41, 5.74) is 5.41. The van der Waals surface area contributed by atoms with E-state index >= 15 is 0 Å². The summed E-state index contributed by atoms with van der Waals surface area (Å²) in [6, 6.07) is 3.58. The number of nitrogens with zero attached hydrogens (tertiary/aromatic N) is 3. The second-order valence-electron chi connectivity index (χ2n) is 3.01. The van der Waals surface area contributed by atoms with Gasteiger partial charge in [0.15, 0.2) is 5.75 Å². The Morgan fingerprint density at radius 1 is 1.27 bits per heavy atom. The zero-order valence-electron chi connectivity index (χ0n) is 8.21. The first kappa shape index (κ1) is 9.67. The van der Waals surface area contributed by atoms with Crippen LogP contribution in [-0.2, 0) is 6.54 Å². The van der Waals surface area contributed by atoms with Crippen molar-refractivity contribution >= 4 is 0 Å². The molecular weight excluding hydrogens is 192 g/mol. The maximum Gasteiger partial charge on any atom is 0.165 e. The molecule has 0 spiro atoms.